The minimum atomic E-state index is -0.805. The van der Waals surface area contributed by atoms with Crippen molar-refractivity contribution in [3.63, 3.8) is 0 Å². The largest absolute Gasteiger partial charge is 0.481 e. The normalized spacial score (nSPS) is 31.2. The van der Waals surface area contributed by atoms with Crippen LogP contribution in [-0.4, -0.2) is 32.9 Å². The van der Waals surface area contributed by atoms with Crippen molar-refractivity contribution in [2.75, 3.05) is 5.32 Å². The Kier molecular flexibility index (Phi) is 3.11. The maximum Gasteiger partial charge on any atom is 0.320 e. The monoisotopic (exact) mass is 278 g/mol. The van der Waals surface area contributed by atoms with Crippen LogP contribution in [0.5, 0.6) is 0 Å². The van der Waals surface area contributed by atoms with Gasteiger partial charge in [-0.3, -0.25) is 14.8 Å². The number of hydrogen-bond donors (Lipinski definition) is 3. The molecule has 2 saturated carbocycles. The van der Waals surface area contributed by atoms with Gasteiger partial charge in [0.05, 0.1) is 5.92 Å². The van der Waals surface area contributed by atoms with Crippen molar-refractivity contribution in [3.05, 3.63) is 12.3 Å². The van der Waals surface area contributed by atoms with Crippen LogP contribution in [0.2, 0.25) is 0 Å². The highest BCUT2D eigenvalue weighted by molar-refractivity contribution is 5.89. The van der Waals surface area contributed by atoms with Crippen LogP contribution >= 0.6 is 0 Å². The first-order valence-corrected chi connectivity index (χ1v) is 6.84. The summed E-state index contributed by atoms with van der Waals surface area (Å²) in [7, 11) is 1.76. The van der Waals surface area contributed by atoms with Gasteiger partial charge in [-0.2, -0.15) is 5.10 Å². The molecule has 0 spiro atoms. The number of carboxylic acid groups (broad SMARTS) is 1. The topological polar surface area (TPSA) is 96.2 Å². The third kappa shape index (κ3) is 2.23. The minimum Gasteiger partial charge on any atom is -0.481 e. The number of fused-ring (bicyclic) bond motifs is 2. The molecule has 4 atom stereocenters. The van der Waals surface area contributed by atoms with Crippen LogP contribution in [0.25, 0.3) is 0 Å². The van der Waals surface area contributed by atoms with Gasteiger partial charge < -0.3 is 10.4 Å². The number of nitrogens with one attached hydrogen (secondary N) is 2. The zero-order chi connectivity index (χ0) is 14.3. The number of amides is 2. The van der Waals surface area contributed by atoms with E-state index >= 15 is 0 Å². The summed E-state index contributed by atoms with van der Waals surface area (Å²) in [6.07, 6.45) is 4.60. The fourth-order valence-electron chi connectivity index (χ4n) is 3.64. The Morgan fingerprint density at radius 2 is 2.15 bits per heavy atom. The van der Waals surface area contributed by atoms with E-state index in [-0.39, 0.29) is 23.9 Å². The number of aromatic nitrogens is 2. The van der Waals surface area contributed by atoms with Crippen LogP contribution < -0.4 is 10.6 Å². The van der Waals surface area contributed by atoms with Gasteiger partial charge in [0, 0.05) is 25.4 Å². The van der Waals surface area contributed by atoms with Gasteiger partial charge in [0.25, 0.3) is 0 Å². The molecule has 2 aliphatic rings. The number of carbonyl (C=O) groups is 2. The molecule has 2 fully saturated rings. The summed E-state index contributed by atoms with van der Waals surface area (Å²) in [5, 5.41) is 18.8. The fraction of sp³-hybridized carbons (Fsp3) is 0.615. The first-order chi connectivity index (χ1) is 9.54. The van der Waals surface area contributed by atoms with Gasteiger partial charge in [-0.1, -0.05) is 0 Å². The highest BCUT2D eigenvalue weighted by Crippen LogP contribution is 2.48. The van der Waals surface area contributed by atoms with Gasteiger partial charge in [0.2, 0.25) is 0 Å². The molecule has 4 unspecified atom stereocenters. The van der Waals surface area contributed by atoms with E-state index in [4.69, 9.17) is 0 Å². The molecule has 2 bridgehead atoms. The summed E-state index contributed by atoms with van der Waals surface area (Å²) in [6, 6.07) is 1.04. The van der Waals surface area contributed by atoms with Crippen LogP contribution in [0.15, 0.2) is 12.3 Å². The molecule has 0 aromatic carbocycles. The summed E-state index contributed by atoms with van der Waals surface area (Å²) < 4.78 is 1.59. The molecule has 1 heterocycles. The van der Waals surface area contributed by atoms with Crippen LogP contribution in [0.4, 0.5) is 10.6 Å². The number of rotatable bonds is 3. The van der Waals surface area contributed by atoms with Gasteiger partial charge >= 0.3 is 12.0 Å². The number of hydrogen-bond acceptors (Lipinski definition) is 3. The quantitative estimate of drug-likeness (QED) is 0.769. The Bertz CT molecular complexity index is 541. The van der Waals surface area contributed by atoms with Crippen LogP contribution in [0.1, 0.15) is 19.3 Å². The van der Waals surface area contributed by atoms with Gasteiger partial charge in [-0.15, -0.1) is 0 Å². The average Bonchev–Trinajstić information content (AvgIpc) is 3.04. The molecule has 2 aliphatic carbocycles. The van der Waals surface area contributed by atoms with Crippen molar-refractivity contribution in [1.82, 2.24) is 15.1 Å². The number of anilines is 1. The molecule has 2 amide bonds. The number of aliphatic carboxylic acids is 1. The maximum absolute atomic E-state index is 12.0. The molecule has 1 aromatic heterocycles. The second-order valence-electron chi connectivity index (χ2n) is 5.70. The van der Waals surface area contributed by atoms with E-state index in [9.17, 15) is 14.7 Å². The van der Waals surface area contributed by atoms with Crippen molar-refractivity contribution in [2.45, 2.75) is 25.3 Å². The summed E-state index contributed by atoms with van der Waals surface area (Å²) in [4.78, 5) is 23.3. The molecular formula is C13H18N4O3. The van der Waals surface area contributed by atoms with Crippen LogP contribution in [0.3, 0.4) is 0 Å². The lowest BCUT2D eigenvalue weighted by atomic mass is 9.84. The predicted octanol–water partition coefficient (Wildman–Crippen LogP) is 1.04. The van der Waals surface area contributed by atoms with Gasteiger partial charge in [0.15, 0.2) is 5.82 Å². The molecule has 0 radical (unpaired) electrons. The first-order valence-electron chi connectivity index (χ1n) is 6.84. The zero-order valence-electron chi connectivity index (χ0n) is 11.2. The lowest BCUT2D eigenvalue weighted by molar-refractivity contribution is -0.144. The number of nitrogens with zero attached hydrogens (tertiary/aromatic N) is 2. The highest BCUT2D eigenvalue weighted by atomic mass is 16.4. The summed E-state index contributed by atoms with van der Waals surface area (Å²) in [6.45, 7) is 0. The van der Waals surface area contributed by atoms with Crippen molar-refractivity contribution in [3.8, 4) is 0 Å². The number of aryl methyl sites for hydroxylation is 1. The Morgan fingerprint density at radius 1 is 1.40 bits per heavy atom. The molecule has 20 heavy (non-hydrogen) atoms. The highest BCUT2D eigenvalue weighted by Gasteiger charge is 2.51. The lowest BCUT2D eigenvalue weighted by Crippen LogP contribution is -2.48. The van der Waals surface area contributed by atoms with Gasteiger partial charge in [0.1, 0.15) is 0 Å². The average molecular weight is 278 g/mol. The summed E-state index contributed by atoms with van der Waals surface area (Å²) in [5.41, 5.74) is 0. The van der Waals surface area contributed by atoms with E-state index in [1.807, 2.05) is 0 Å². The van der Waals surface area contributed by atoms with E-state index in [0.717, 1.165) is 19.3 Å². The Balaban J connectivity index is 1.64. The Hall–Kier alpha value is -2.05. The maximum atomic E-state index is 12.0. The Morgan fingerprint density at radius 3 is 2.80 bits per heavy atom. The van der Waals surface area contributed by atoms with Crippen molar-refractivity contribution >= 4 is 17.8 Å². The molecule has 0 aliphatic heterocycles. The number of carbonyl (C=O) groups excluding carboxylic acids is 1. The summed E-state index contributed by atoms with van der Waals surface area (Å²) >= 11 is 0. The third-order valence-electron chi connectivity index (χ3n) is 4.45. The fourth-order valence-corrected chi connectivity index (χ4v) is 3.64. The van der Waals surface area contributed by atoms with Crippen LogP contribution in [-0.2, 0) is 11.8 Å². The van der Waals surface area contributed by atoms with E-state index in [1.165, 1.54) is 0 Å². The second kappa shape index (κ2) is 4.81. The molecule has 3 N–H and O–H groups in total. The van der Waals surface area contributed by atoms with Gasteiger partial charge in [-0.05, 0) is 31.1 Å². The molecule has 7 nitrogen and oxygen atoms in total. The zero-order valence-corrected chi connectivity index (χ0v) is 11.2. The van der Waals surface area contributed by atoms with Crippen molar-refractivity contribution in [1.29, 1.82) is 0 Å². The number of carboxylic acids is 1. The standard InChI is InChI=1S/C13H18N4O3/c1-17-5-4-9(16-17)14-13(20)15-11-8-3-2-7(6-8)10(11)12(18)19/h4-5,7-8,10-11H,2-3,6H2,1H3,(H,18,19)(H2,14,15,16,20). The van der Waals surface area contributed by atoms with Crippen molar-refractivity contribution < 1.29 is 14.7 Å². The SMILES string of the molecule is Cn1ccc(NC(=O)NC2C3CCC(C3)C2C(=O)O)n1. The van der Waals surface area contributed by atoms with E-state index in [2.05, 4.69) is 15.7 Å². The molecule has 3 rings (SSSR count). The number of urea groups is 1. The molecular weight excluding hydrogens is 260 g/mol. The van der Waals surface area contributed by atoms with E-state index in [1.54, 1.807) is 24.0 Å². The predicted molar refractivity (Wildman–Crippen MR) is 71.1 cm³/mol. The smallest absolute Gasteiger partial charge is 0.320 e. The first kappa shape index (κ1) is 13.0. The molecule has 7 heteroatoms. The Labute approximate surface area is 116 Å². The van der Waals surface area contributed by atoms with Crippen molar-refractivity contribution in [2.24, 2.45) is 24.8 Å². The lowest BCUT2D eigenvalue weighted by Gasteiger charge is -2.28. The molecule has 0 saturated heterocycles. The van der Waals surface area contributed by atoms with E-state index < -0.39 is 11.9 Å². The third-order valence-corrected chi connectivity index (χ3v) is 4.45. The summed E-state index contributed by atoms with van der Waals surface area (Å²) in [5.74, 6) is -0.308. The molecule has 1 aromatic rings. The van der Waals surface area contributed by atoms with E-state index in [0.29, 0.717) is 5.82 Å². The molecule has 108 valence electrons. The van der Waals surface area contributed by atoms with Crippen LogP contribution in [0, 0.1) is 17.8 Å². The second-order valence-corrected chi connectivity index (χ2v) is 5.70. The minimum absolute atomic E-state index is 0.206. The van der Waals surface area contributed by atoms with Gasteiger partial charge in [-0.25, -0.2) is 4.79 Å².